The molecule has 1 unspecified atom stereocenters. The minimum atomic E-state index is -0.0219. The number of hydrogen-bond acceptors (Lipinski definition) is 5. The number of carbonyl (C=O) groups excluding carboxylic acids is 1. The van der Waals surface area contributed by atoms with E-state index in [0.717, 1.165) is 31.0 Å². The Kier molecular flexibility index (Phi) is 5.45. The van der Waals surface area contributed by atoms with Crippen LogP contribution in [-0.4, -0.2) is 64.1 Å². The fourth-order valence-corrected chi connectivity index (χ4v) is 3.20. The van der Waals surface area contributed by atoms with Gasteiger partial charge in [-0.15, -0.1) is 0 Å². The summed E-state index contributed by atoms with van der Waals surface area (Å²) in [5.41, 5.74) is 3.33. The second kappa shape index (κ2) is 7.76. The standard InChI is InChI=1S/C18H25N5O2/c1-21(2)17(24)12-25-11-14-8-23(9-15-6-4-5-7-19-15)10-16-18(14)22(3)13-20-16/h4-7,13-14H,8-12H2,1-3H3. The molecule has 0 radical (unpaired) electrons. The van der Waals surface area contributed by atoms with Crippen LogP contribution in [0.25, 0.3) is 0 Å². The highest BCUT2D eigenvalue weighted by atomic mass is 16.5. The quantitative estimate of drug-likeness (QED) is 0.784. The highest BCUT2D eigenvalue weighted by Gasteiger charge is 2.29. The van der Waals surface area contributed by atoms with E-state index in [9.17, 15) is 4.79 Å². The Morgan fingerprint density at radius 1 is 1.36 bits per heavy atom. The van der Waals surface area contributed by atoms with Gasteiger partial charge in [-0.05, 0) is 12.1 Å². The van der Waals surface area contributed by atoms with Crippen LogP contribution in [0.15, 0.2) is 30.7 Å². The summed E-state index contributed by atoms with van der Waals surface area (Å²) in [6.07, 6.45) is 3.67. The molecule has 0 bridgehead atoms. The first-order chi connectivity index (χ1) is 12.0. The average Bonchev–Trinajstić information content (AvgIpc) is 2.96. The molecule has 25 heavy (non-hydrogen) atoms. The largest absolute Gasteiger partial charge is 0.371 e. The van der Waals surface area contributed by atoms with Crippen LogP contribution in [0.1, 0.15) is 23.0 Å². The van der Waals surface area contributed by atoms with E-state index in [1.54, 1.807) is 19.0 Å². The Morgan fingerprint density at radius 3 is 2.92 bits per heavy atom. The first-order valence-electron chi connectivity index (χ1n) is 8.45. The van der Waals surface area contributed by atoms with Crippen LogP contribution in [0.4, 0.5) is 0 Å². The first-order valence-corrected chi connectivity index (χ1v) is 8.45. The van der Waals surface area contributed by atoms with Crippen LogP contribution in [0.3, 0.4) is 0 Å². The van der Waals surface area contributed by atoms with Crippen molar-refractivity contribution in [3.8, 4) is 0 Å². The fraction of sp³-hybridized carbons (Fsp3) is 0.500. The van der Waals surface area contributed by atoms with Gasteiger partial charge in [0.25, 0.3) is 0 Å². The second-order valence-electron chi connectivity index (χ2n) is 6.68. The van der Waals surface area contributed by atoms with Gasteiger partial charge in [-0.3, -0.25) is 14.7 Å². The molecule has 7 nitrogen and oxygen atoms in total. The molecule has 1 aliphatic heterocycles. The predicted molar refractivity (Wildman–Crippen MR) is 93.8 cm³/mol. The molecule has 3 rings (SSSR count). The third-order valence-electron chi connectivity index (χ3n) is 4.46. The van der Waals surface area contributed by atoms with Gasteiger partial charge in [0, 0.05) is 58.6 Å². The van der Waals surface area contributed by atoms with Crippen LogP contribution in [0.2, 0.25) is 0 Å². The molecule has 0 saturated carbocycles. The molecular formula is C18H25N5O2. The third-order valence-corrected chi connectivity index (χ3v) is 4.46. The van der Waals surface area contributed by atoms with E-state index in [2.05, 4.69) is 19.4 Å². The normalized spacial score (nSPS) is 17.3. The van der Waals surface area contributed by atoms with Crippen molar-refractivity contribution in [1.29, 1.82) is 0 Å². The Bertz CT molecular complexity index is 714. The van der Waals surface area contributed by atoms with Crippen molar-refractivity contribution in [2.45, 2.75) is 19.0 Å². The lowest BCUT2D eigenvalue weighted by molar-refractivity contribution is -0.133. The van der Waals surface area contributed by atoms with Crippen molar-refractivity contribution in [2.75, 3.05) is 33.9 Å². The summed E-state index contributed by atoms with van der Waals surface area (Å²) in [6.45, 7) is 3.06. The number of rotatable bonds is 6. The third kappa shape index (κ3) is 4.24. The summed E-state index contributed by atoms with van der Waals surface area (Å²) in [5.74, 6) is 0.168. The molecule has 0 N–H and O–H groups in total. The van der Waals surface area contributed by atoms with Gasteiger partial charge in [0.15, 0.2) is 0 Å². The minimum absolute atomic E-state index is 0.0219. The zero-order valence-electron chi connectivity index (χ0n) is 15.1. The summed E-state index contributed by atoms with van der Waals surface area (Å²) in [5, 5.41) is 0. The summed E-state index contributed by atoms with van der Waals surface area (Å²) < 4.78 is 7.77. The number of fused-ring (bicyclic) bond motifs is 1. The number of likely N-dealkylation sites (N-methyl/N-ethyl adjacent to an activating group) is 1. The number of amides is 1. The second-order valence-corrected chi connectivity index (χ2v) is 6.68. The summed E-state index contributed by atoms with van der Waals surface area (Å²) >= 11 is 0. The highest BCUT2D eigenvalue weighted by molar-refractivity contribution is 5.76. The van der Waals surface area contributed by atoms with Crippen molar-refractivity contribution >= 4 is 5.91 Å². The monoisotopic (exact) mass is 343 g/mol. The van der Waals surface area contributed by atoms with Crippen LogP contribution in [0.5, 0.6) is 0 Å². The SMILES string of the molecule is CN(C)C(=O)COCC1CN(Cc2ccccn2)Cc2ncn(C)c21. The maximum Gasteiger partial charge on any atom is 0.248 e. The number of aryl methyl sites for hydroxylation is 1. The number of pyridine rings is 1. The molecule has 2 aromatic heterocycles. The molecule has 134 valence electrons. The number of hydrogen-bond donors (Lipinski definition) is 0. The van der Waals surface area contributed by atoms with Gasteiger partial charge in [-0.25, -0.2) is 4.98 Å². The van der Waals surface area contributed by atoms with E-state index in [0.29, 0.717) is 6.61 Å². The Hall–Kier alpha value is -2.25. The zero-order chi connectivity index (χ0) is 17.8. The van der Waals surface area contributed by atoms with Crippen molar-refractivity contribution in [3.63, 3.8) is 0 Å². The number of ether oxygens (including phenoxy) is 1. The molecule has 1 amide bonds. The molecule has 7 heteroatoms. The maximum atomic E-state index is 11.7. The Labute approximate surface area is 148 Å². The molecule has 0 spiro atoms. The summed E-state index contributed by atoms with van der Waals surface area (Å²) in [6, 6.07) is 5.97. The molecule has 2 aromatic rings. The molecule has 0 aromatic carbocycles. The lowest BCUT2D eigenvalue weighted by Gasteiger charge is -2.32. The van der Waals surface area contributed by atoms with Gasteiger partial charge < -0.3 is 14.2 Å². The number of nitrogens with zero attached hydrogens (tertiary/aromatic N) is 5. The Morgan fingerprint density at radius 2 is 2.20 bits per heavy atom. The molecule has 1 aliphatic rings. The van der Waals surface area contributed by atoms with Gasteiger partial charge in [-0.1, -0.05) is 6.07 Å². The molecular weight excluding hydrogens is 318 g/mol. The zero-order valence-corrected chi connectivity index (χ0v) is 15.1. The van der Waals surface area contributed by atoms with Gasteiger partial charge in [0.1, 0.15) is 6.61 Å². The minimum Gasteiger partial charge on any atom is -0.371 e. The van der Waals surface area contributed by atoms with Crippen LogP contribution in [-0.2, 0) is 29.7 Å². The van der Waals surface area contributed by atoms with Crippen molar-refractivity contribution in [1.82, 2.24) is 24.3 Å². The molecule has 1 atom stereocenters. The predicted octanol–water partition coefficient (Wildman–Crippen LogP) is 1.02. The highest BCUT2D eigenvalue weighted by Crippen LogP contribution is 2.28. The Balaban J connectivity index is 1.67. The summed E-state index contributed by atoms with van der Waals surface area (Å²) in [4.78, 5) is 24.6. The molecule has 0 aliphatic carbocycles. The lowest BCUT2D eigenvalue weighted by atomic mass is 9.99. The lowest BCUT2D eigenvalue weighted by Crippen LogP contribution is -2.36. The van der Waals surface area contributed by atoms with E-state index < -0.39 is 0 Å². The number of carbonyl (C=O) groups is 1. The van der Waals surface area contributed by atoms with Gasteiger partial charge in [-0.2, -0.15) is 0 Å². The summed E-state index contributed by atoms with van der Waals surface area (Å²) in [7, 11) is 5.48. The van der Waals surface area contributed by atoms with Crippen LogP contribution in [0, 0.1) is 0 Å². The van der Waals surface area contributed by atoms with E-state index in [4.69, 9.17) is 4.74 Å². The molecule has 0 saturated heterocycles. The topological polar surface area (TPSA) is 63.5 Å². The van der Waals surface area contributed by atoms with Crippen molar-refractivity contribution < 1.29 is 9.53 Å². The van der Waals surface area contributed by atoms with E-state index >= 15 is 0 Å². The number of imidazole rings is 1. The molecule has 3 heterocycles. The maximum absolute atomic E-state index is 11.7. The van der Waals surface area contributed by atoms with E-state index in [-0.39, 0.29) is 18.4 Å². The van der Waals surface area contributed by atoms with Gasteiger partial charge in [0.2, 0.25) is 5.91 Å². The van der Waals surface area contributed by atoms with Crippen molar-refractivity contribution in [3.05, 3.63) is 47.8 Å². The average molecular weight is 343 g/mol. The van der Waals surface area contributed by atoms with Crippen molar-refractivity contribution in [2.24, 2.45) is 7.05 Å². The first kappa shape index (κ1) is 17.6. The van der Waals surface area contributed by atoms with Gasteiger partial charge >= 0.3 is 0 Å². The fourth-order valence-electron chi connectivity index (χ4n) is 3.20. The van der Waals surface area contributed by atoms with E-state index in [1.165, 1.54) is 5.69 Å². The van der Waals surface area contributed by atoms with Gasteiger partial charge in [0.05, 0.1) is 24.3 Å². The number of aromatic nitrogens is 3. The van der Waals surface area contributed by atoms with Crippen LogP contribution < -0.4 is 0 Å². The smallest absolute Gasteiger partial charge is 0.248 e. The van der Waals surface area contributed by atoms with E-state index in [1.807, 2.05) is 37.8 Å². The molecule has 0 fully saturated rings. The van der Waals surface area contributed by atoms with Crippen LogP contribution >= 0.6 is 0 Å².